The standard InChI is InChI=1S/C18H23N3OS/c1-2-16-13-23-18(20-16)15-4-3-11-21(12-15)17(22)6-5-14-7-9-19-10-8-14/h7-10,13,15H,2-6,11-12H2,1H3. The molecule has 4 nitrogen and oxygen atoms in total. The van der Waals surface area contributed by atoms with E-state index in [1.54, 1.807) is 23.7 Å². The summed E-state index contributed by atoms with van der Waals surface area (Å²) in [5, 5.41) is 3.35. The number of piperidine rings is 1. The Labute approximate surface area is 141 Å². The molecule has 3 heterocycles. The van der Waals surface area contributed by atoms with Crippen LogP contribution in [0.2, 0.25) is 0 Å². The Balaban J connectivity index is 1.56. The van der Waals surface area contributed by atoms with Crippen molar-refractivity contribution in [3.05, 3.63) is 46.2 Å². The SMILES string of the molecule is CCc1csc(C2CCCN(C(=O)CCc3ccncc3)C2)n1. The summed E-state index contributed by atoms with van der Waals surface area (Å²) in [7, 11) is 0. The van der Waals surface area contributed by atoms with Crippen molar-refractivity contribution < 1.29 is 4.79 Å². The fraction of sp³-hybridized carbons (Fsp3) is 0.500. The van der Waals surface area contributed by atoms with Crippen molar-refractivity contribution in [3.63, 3.8) is 0 Å². The highest BCUT2D eigenvalue weighted by atomic mass is 32.1. The molecular formula is C18H23N3OS. The average molecular weight is 329 g/mol. The molecule has 1 aliphatic rings. The maximum absolute atomic E-state index is 12.5. The average Bonchev–Trinajstić information content (AvgIpc) is 3.10. The molecule has 0 aromatic carbocycles. The minimum atomic E-state index is 0.263. The lowest BCUT2D eigenvalue weighted by molar-refractivity contribution is -0.132. The number of thiazole rings is 1. The molecule has 0 bridgehead atoms. The smallest absolute Gasteiger partial charge is 0.222 e. The number of rotatable bonds is 5. The van der Waals surface area contributed by atoms with Gasteiger partial charge in [0, 0.05) is 43.2 Å². The van der Waals surface area contributed by atoms with Crippen molar-refractivity contribution in [2.24, 2.45) is 0 Å². The second-order valence-electron chi connectivity index (χ2n) is 6.07. The van der Waals surface area contributed by atoms with Crippen molar-refractivity contribution in [2.45, 2.75) is 44.9 Å². The van der Waals surface area contributed by atoms with E-state index < -0.39 is 0 Å². The van der Waals surface area contributed by atoms with Crippen molar-refractivity contribution in [2.75, 3.05) is 13.1 Å². The van der Waals surface area contributed by atoms with E-state index in [-0.39, 0.29) is 5.91 Å². The summed E-state index contributed by atoms with van der Waals surface area (Å²) in [6, 6.07) is 3.96. The Morgan fingerprint density at radius 2 is 2.22 bits per heavy atom. The van der Waals surface area contributed by atoms with E-state index >= 15 is 0 Å². The van der Waals surface area contributed by atoms with Gasteiger partial charge in [-0.05, 0) is 43.4 Å². The Hall–Kier alpha value is -1.75. The lowest BCUT2D eigenvalue weighted by atomic mass is 9.98. The highest BCUT2D eigenvalue weighted by Crippen LogP contribution is 2.29. The van der Waals surface area contributed by atoms with Gasteiger partial charge >= 0.3 is 0 Å². The predicted octanol–water partition coefficient (Wildman–Crippen LogP) is 3.44. The predicted molar refractivity (Wildman–Crippen MR) is 92.6 cm³/mol. The molecule has 2 aromatic heterocycles. The molecule has 1 atom stereocenters. The molecule has 1 unspecified atom stereocenters. The van der Waals surface area contributed by atoms with E-state index in [1.807, 2.05) is 17.0 Å². The molecule has 1 amide bonds. The zero-order valence-corrected chi connectivity index (χ0v) is 14.4. The Kier molecular flexibility index (Phi) is 5.39. The van der Waals surface area contributed by atoms with E-state index in [2.05, 4.69) is 17.3 Å². The highest BCUT2D eigenvalue weighted by molar-refractivity contribution is 7.09. The summed E-state index contributed by atoms with van der Waals surface area (Å²) in [6.07, 6.45) is 8.14. The third-order valence-electron chi connectivity index (χ3n) is 4.43. The molecular weight excluding hydrogens is 306 g/mol. The summed E-state index contributed by atoms with van der Waals surface area (Å²) in [5.74, 6) is 0.678. The first-order chi connectivity index (χ1) is 11.3. The van der Waals surface area contributed by atoms with Crippen molar-refractivity contribution in [3.8, 4) is 0 Å². The molecule has 1 aliphatic heterocycles. The van der Waals surface area contributed by atoms with Crippen LogP contribution in [-0.2, 0) is 17.6 Å². The summed E-state index contributed by atoms with van der Waals surface area (Å²) in [5.41, 5.74) is 2.35. The van der Waals surface area contributed by atoms with Crippen LogP contribution in [-0.4, -0.2) is 33.9 Å². The monoisotopic (exact) mass is 329 g/mol. The number of hydrogen-bond acceptors (Lipinski definition) is 4. The molecule has 1 fully saturated rings. The first kappa shape index (κ1) is 16.1. The van der Waals surface area contributed by atoms with Crippen molar-refractivity contribution >= 4 is 17.2 Å². The minimum Gasteiger partial charge on any atom is -0.342 e. The zero-order chi connectivity index (χ0) is 16.1. The molecule has 5 heteroatoms. The number of likely N-dealkylation sites (tertiary alicyclic amines) is 1. The van der Waals surface area contributed by atoms with E-state index in [9.17, 15) is 4.79 Å². The van der Waals surface area contributed by atoms with Gasteiger partial charge in [-0.2, -0.15) is 0 Å². The van der Waals surface area contributed by atoms with Gasteiger partial charge in [0.2, 0.25) is 5.91 Å². The zero-order valence-electron chi connectivity index (χ0n) is 13.6. The lowest BCUT2D eigenvalue weighted by Crippen LogP contribution is -2.39. The van der Waals surface area contributed by atoms with E-state index in [0.717, 1.165) is 38.8 Å². The Morgan fingerprint density at radius 1 is 1.39 bits per heavy atom. The minimum absolute atomic E-state index is 0.263. The van der Waals surface area contributed by atoms with E-state index in [0.29, 0.717) is 12.3 Å². The largest absolute Gasteiger partial charge is 0.342 e. The van der Waals surface area contributed by atoms with Crippen LogP contribution in [0, 0.1) is 0 Å². The van der Waals surface area contributed by atoms with Gasteiger partial charge in [0.15, 0.2) is 0 Å². The van der Waals surface area contributed by atoms with Crippen LogP contribution in [0.4, 0.5) is 0 Å². The van der Waals surface area contributed by atoms with Crippen LogP contribution in [0.5, 0.6) is 0 Å². The van der Waals surface area contributed by atoms with Gasteiger partial charge in [-0.3, -0.25) is 9.78 Å². The van der Waals surface area contributed by atoms with Crippen LogP contribution >= 0.6 is 11.3 Å². The summed E-state index contributed by atoms with van der Waals surface area (Å²) >= 11 is 1.75. The number of aromatic nitrogens is 2. The third-order valence-corrected chi connectivity index (χ3v) is 5.49. The van der Waals surface area contributed by atoms with Crippen LogP contribution in [0.3, 0.4) is 0 Å². The van der Waals surface area contributed by atoms with Gasteiger partial charge in [0.05, 0.1) is 10.7 Å². The number of aryl methyl sites for hydroxylation is 2. The van der Waals surface area contributed by atoms with E-state index in [1.165, 1.54) is 16.3 Å². The number of amides is 1. The molecule has 0 radical (unpaired) electrons. The molecule has 23 heavy (non-hydrogen) atoms. The van der Waals surface area contributed by atoms with E-state index in [4.69, 9.17) is 4.98 Å². The first-order valence-electron chi connectivity index (χ1n) is 8.37. The van der Waals surface area contributed by atoms with Gasteiger partial charge in [0.1, 0.15) is 0 Å². The van der Waals surface area contributed by atoms with Gasteiger partial charge in [0.25, 0.3) is 0 Å². The van der Waals surface area contributed by atoms with Crippen LogP contribution in [0.1, 0.15) is 48.4 Å². The molecule has 0 aliphatic carbocycles. The van der Waals surface area contributed by atoms with Gasteiger partial charge in [-0.15, -0.1) is 11.3 Å². The number of carbonyl (C=O) groups excluding carboxylic acids is 1. The van der Waals surface area contributed by atoms with Crippen LogP contribution in [0.25, 0.3) is 0 Å². The summed E-state index contributed by atoms with van der Waals surface area (Å²) < 4.78 is 0. The number of pyridine rings is 1. The lowest BCUT2D eigenvalue weighted by Gasteiger charge is -2.32. The molecule has 0 saturated carbocycles. The maximum atomic E-state index is 12.5. The van der Waals surface area contributed by atoms with Crippen LogP contribution < -0.4 is 0 Å². The fourth-order valence-electron chi connectivity index (χ4n) is 3.04. The number of hydrogen-bond donors (Lipinski definition) is 0. The summed E-state index contributed by atoms with van der Waals surface area (Å²) in [4.78, 5) is 23.3. The molecule has 3 rings (SSSR count). The number of carbonyl (C=O) groups is 1. The second-order valence-corrected chi connectivity index (χ2v) is 6.95. The third kappa shape index (κ3) is 4.16. The molecule has 1 saturated heterocycles. The van der Waals surface area contributed by atoms with Gasteiger partial charge in [-0.1, -0.05) is 6.92 Å². The normalized spacial score (nSPS) is 18.1. The topological polar surface area (TPSA) is 46.1 Å². The maximum Gasteiger partial charge on any atom is 0.222 e. The summed E-state index contributed by atoms with van der Waals surface area (Å²) in [6.45, 7) is 3.85. The van der Waals surface area contributed by atoms with Crippen LogP contribution in [0.15, 0.2) is 29.9 Å². The van der Waals surface area contributed by atoms with Gasteiger partial charge in [-0.25, -0.2) is 4.98 Å². The molecule has 2 aromatic rings. The second kappa shape index (κ2) is 7.68. The molecule has 122 valence electrons. The van der Waals surface area contributed by atoms with Crippen molar-refractivity contribution in [1.82, 2.24) is 14.9 Å². The van der Waals surface area contributed by atoms with Gasteiger partial charge < -0.3 is 4.90 Å². The number of nitrogens with zero attached hydrogens (tertiary/aromatic N) is 3. The van der Waals surface area contributed by atoms with Crippen molar-refractivity contribution in [1.29, 1.82) is 0 Å². The molecule has 0 N–H and O–H groups in total. The highest BCUT2D eigenvalue weighted by Gasteiger charge is 2.26. The first-order valence-corrected chi connectivity index (χ1v) is 9.25. The fourth-order valence-corrected chi connectivity index (χ4v) is 4.07. The Morgan fingerprint density at radius 3 is 2.96 bits per heavy atom. The Bertz CT molecular complexity index is 641. The molecule has 0 spiro atoms. The quantitative estimate of drug-likeness (QED) is 0.844.